The van der Waals surface area contributed by atoms with Crippen LogP contribution in [0.1, 0.15) is 93.7 Å². The lowest BCUT2D eigenvalue weighted by Gasteiger charge is -2.50. The topological polar surface area (TPSA) is 63.6 Å². The number of benzene rings is 2. The maximum absolute atomic E-state index is 13.2. The number of aliphatic hydroxyl groups excluding tert-OH is 1. The molecule has 284 valence electrons. The summed E-state index contributed by atoms with van der Waals surface area (Å²) in [5.41, 5.74) is 5.22. The van der Waals surface area contributed by atoms with Crippen molar-refractivity contribution in [1.82, 2.24) is 0 Å². The summed E-state index contributed by atoms with van der Waals surface area (Å²) in [7, 11) is 0.362. The number of fused-ring (bicyclic) bond motifs is 5. The molecule has 0 heterocycles. The highest BCUT2D eigenvalue weighted by atomic mass is 32.2. The minimum atomic E-state index is -5.67. The average molecular weight is 741 g/mol. The van der Waals surface area contributed by atoms with E-state index in [0.29, 0.717) is 41.8 Å². The van der Waals surface area contributed by atoms with Crippen molar-refractivity contribution in [2.45, 2.75) is 108 Å². The van der Waals surface area contributed by atoms with E-state index in [9.17, 15) is 35.5 Å². The predicted molar refractivity (Wildman–Crippen MR) is 191 cm³/mol. The van der Waals surface area contributed by atoms with Crippen LogP contribution in [0, 0.1) is 17.3 Å². The molecule has 5 atom stereocenters. The highest BCUT2D eigenvalue weighted by Gasteiger charge is 2.56. The van der Waals surface area contributed by atoms with Crippen molar-refractivity contribution >= 4 is 9.84 Å². The molecule has 2 aromatic carbocycles. The zero-order valence-corrected chi connectivity index (χ0v) is 31.1. The van der Waals surface area contributed by atoms with Gasteiger partial charge in [0.05, 0.1) is 44.8 Å². The third-order valence-electron chi connectivity index (χ3n) is 11.9. The molecular formula is C40H55F5NO4S+. The number of alkyl halides is 5. The van der Waals surface area contributed by atoms with Crippen molar-refractivity contribution in [2.75, 3.05) is 38.7 Å². The van der Waals surface area contributed by atoms with E-state index in [1.165, 1.54) is 16.7 Å². The first-order valence-electron chi connectivity index (χ1n) is 18.6. The average Bonchev–Trinajstić information content (AvgIpc) is 3.36. The molecule has 5 rings (SSSR count). The quantitative estimate of drug-likeness (QED) is 0.0762. The number of quaternary nitrogens is 1. The van der Waals surface area contributed by atoms with Crippen LogP contribution in [0.2, 0.25) is 0 Å². The fourth-order valence-corrected chi connectivity index (χ4v) is 10.2. The molecule has 0 radical (unpaired) electrons. The van der Waals surface area contributed by atoms with Crippen LogP contribution in [0.4, 0.5) is 22.0 Å². The van der Waals surface area contributed by atoms with Gasteiger partial charge in [0.25, 0.3) is 0 Å². The fraction of sp³-hybridized carbons (Fsp3) is 0.650. The van der Waals surface area contributed by atoms with Gasteiger partial charge in [-0.05, 0) is 97.9 Å². The SMILES string of the molecule is C[C@]12CC[C@@H]3c4ccc(OCc5ccccc5)cc4C[C@@H](CCCCC[N+](C)(C)CCCS(=O)(=O)CCCC(F)(F)C(F)(F)F)[C@H]3C1=CC[C@@H]2O. The van der Waals surface area contributed by atoms with Crippen molar-refractivity contribution < 1.29 is 44.7 Å². The lowest BCUT2D eigenvalue weighted by atomic mass is 9.54. The molecule has 1 N–H and O–H groups in total. The number of hydrogen-bond donors (Lipinski definition) is 1. The zero-order chi connectivity index (χ0) is 37.1. The lowest BCUT2D eigenvalue weighted by molar-refractivity contribution is -0.890. The summed E-state index contributed by atoms with van der Waals surface area (Å²) < 4.78 is 95.0. The number of sulfone groups is 1. The van der Waals surface area contributed by atoms with E-state index in [4.69, 9.17) is 4.74 Å². The Morgan fingerprint density at radius 1 is 0.941 bits per heavy atom. The molecule has 0 amide bonds. The van der Waals surface area contributed by atoms with Gasteiger partial charge in [0.2, 0.25) is 0 Å². The number of rotatable bonds is 17. The van der Waals surface area contributed by atoms with Crippen LogP contribution in [-0.2, 0) is 22.9 Å². The Labute approximate surface area is 300 Å². The largest absolute Gasteiger partial charge is 0.489 e. The summed E-state index contributed by atoms with van der Waals surface area (Å²) >= 11 is 0. The summed E-state index contributed by atoms with van der Waals surface area (Å²) in [6, 6.07) is 16.8. The number of ether oxygens (including phenoxy) is 1. The summed E-state index contributed by atoms with van der Waals surface area (Å²) in [6.45, 7) is 4.20. The first-order chi connectivity index (χ1) is 23.9. The van der Waals surface area contributed by atoms with Crippen LogP contribution in [0.5, 0.6) is 5.75 Å². The first-order valence-corrected chi connectivity index (χ1v) is 20.4. The van der Waals surface area contributed by atoms with E-state index in [2.05, 4.69) is 43.3 Å². The number of hydrogen-bond acceptors (Lipinski definition) is 4. The Hall–Kier alpha value is -2.50. The third-order valence-corrected chi connectivity index (χ3v) is 13.7. The van der Waals surface area contributed by atoms with Crippen molar-refractivity contribution in [3.8, 4) is 5.75 Å². The van der Waals surface area contributed by atoms with E-state index in [1.54, 1.807) is 0 Å². The van der Waals surface area contributed by atoms with Gasteiger partial charge in [0.15, 0.2) is 9.84 Å². The number of nitrogens with zero attached hydrogens (tertiary/aromatic N) is 1. The molecule has 1 saturated carbocycles. The Morgan fingerprint density at radius 2 is 1.65 bits per heavy atom. The lowest BCUT2D eigenvalue weighted by Crippen LogP contribution is -2.43. The molecule has 0 aliphatic heterocycles. The predicted octanol–water partition coefficient (Wildman–Crippen LogP) is 9.05. The molecule has 0 aromatic heterocycles. The van der Waals surface area contributed by atoms with Crippen molar-refractivity contribution in [3.05, 3.63) is 76.9 Å². The molecule has 0 saturated heterocycles. The normalized spacial score (nSPS) is 25.2. The molecule has 1 fully saturated rings. The molecule has 0 unspecified atom stereocenters. The molecule has 3 aliphatic rings. The minimum absolute atomic E-state index is 0.154. The molecule has 0 spiro atoms. The third kappa shape index (κ3) is 9.74. The molecule has 0 bridgehead atoms. The van der Waals surface area contributed by atoms with Crippen LogP contribution < -0.4 is 4.74 Å². The van der Waals surface area contributed by atoms with E-state index >= 15 is 0 Å². The Morgan fingerprint density at radius 3 is 2.37 bits per heavy atom. The number of halogens is 5. The monoisotopic (exact) mass is 740 g/mol. The van der Waals surface area contributed by atoms with Gasteiger partial charge < -0.3 is 14.3 Å². The van der Waals surface area contributed by atoms with Gasteiger partial charge in [-0.25, -0.2) is 8.42 Å². The Balaban J connectivity index is 1.13. The standard InChI is InChI=1S/C40H55F5NO4S/c1-38-21-19-34-33-16-15-32(50-28-29-12-6-4-7-13-29)27-31(33)26-30(37(34)35(38)17-18-36(38)47)14-8-5-9-22-46(2,3)23-11-25-51(48,49)24-10-20-39(41,42)40(43,44)45/h4,6-7,12-13,15-17,27,30,34,36-37,47H,5,8-11,14,18-26,28H2,1-3H3/q+1/t30-,34-,36+,37-,38+/m1/s1. The molecule has 5 nitrogen and oxygen atoms in total. The smallest absolute Gasteiger partial charge is 0.453 e. The van der Waals surface area contributed by atoms with Gasteiger partial charge in [-0.1, -0.05) is 61.4 Å². The zero-order valence-electron chi connectivity index (χ0n) is 30.2. The first kappa shape index (κ1) is 39.7. The second-order valence-electron chi connectivity index (χ2n) is 16.1. The van der Waals surface area contributed by atoms with E-state index < -0.39 is 40.5 Å². The van der Waals surface area contributed by atoms with Gasteiger partial charge in [0, 0.05) is 18.3 Å². The van der Waals surface area contributed by atoms with Crippen LogP contribution in [0.15, 0.2) is 60.2 Å². The van der Waals surface area contributed by atoms with Gasteiger partial charge in [0.1, 0.15) is 12.4 Å². The van der Waals surface area contributed by atoms with E-state index in [0.717, 1.165) is 69.2 Å². The van der Waals surface area contributed by atoms with Gasteiger partial charge in [-0.3, -0.25) is 0 Å². The second kappa shape index (κ2) is 15.8. The summed E-state index contributed by atoms with van der Waals surface area (Å²) in [5.74, 6) is -3.57. The van der Waals surface area contributed by atoms with Crippen LogP contribution in [0.25, 0.3) is 0 Å². The Kier molecular flexibility index (Phi) is 12.3. The highest BCUT2D eigenvalue weighted by molar-refractivity contribution is 7.91. The summed E-state index contributed by atoms with van der Waals surface area (Å²) in [5, 5.41) is 11.0. The maximum Gasteiger partial charge on any atom is 0.453 e. The summed E-state index contributed by atoms with van der Waals surface area (Å²) in [6.07, 6.45) is 2.33. The second-order valence-corrected chi connectivity index (χ2v) is 18.4. The molecule has 3 aliphatic carbocycles. The van der Waals surface area contributed by atoms with Crippen molar-refractivity contribution in [2.24, 2.45) is 17.3 Å². The minimum Gasteiger partial charge on any atom is -0.489 e. The maximum atomic E-state index is 13.2. The Bertz CT molecular complexity index is 1610. The van der Waals surface area contributed by atoms with E-state index in [-0.39, 0.29) is 17.3 Å². The molecular weight excluding hydrogens is 686 g/mol. The van der Waals surface area contributed by atoms with E-state index in [1.807, 2.05) is 32.3 Å². The number of aliphatic hydroxyl groups is 1. The van der Waals surface area contributed by atoms with Crippen molar-refractivity contribution in [1.29, 1.82) is 0 Å². The van der Waals surface area contributed by atoms with Crippen LogP contribution in [-0.4, -0.2) is 74.9 Å². The summed E-state index contributed by atoms with van der Waals surface area (Å²) in [4.78, 5) is 0. The molecule has 51 heavy (non-hydrogen) atoms. The van der Waals surface area contributed by atoms with Crippen LogP contribution in [0.3, 0.4) is 0 Å². The van der Waals surface area contributed by atoms with Crippen molar-refractivity contribution in [3.63, 3.8) is 0 Å². The highest BCUT2D eigenvalue weighted by Crippen LogP contribution is 2.60. The van der Waals surface area contributed by atoms with Gasteiger partial charge >= 0.3 is 12.1 Å². The van der Waals surface area contributed by atoms with Gasteiger partial charge in [-0.15, -0.1) is 0 Å². The fourth-order valence-electron chi connectivity index (χ4n) is 8.88. The van der Waals surface area contributed by atoms with Crippen LogP contribution >= 0.6 is 0 Å². The molecule has 11 heteroatoms. The number of unbranched alkanes of at least 4 members (excludes halogenated alkanes) is 2. The van der Waals surface area contributed by atoms with Gasteiger partial charge in [-0.2, -0.15) is 22.0 Å². The molecule has 2 aromatic rings.